The van der Waals surface area contributed by atoms with Crippen molar-refractivity contribution in [2.75, 3.05) is 31.1 Å². The van der Waals surface area contributed by atoms with E-state index in [-0.39, 0.29) is 23.7 Å². The monoisotopic (exact) mass is 462 g/mol. The number of fused-ring (bicyclic) bond motifs is 1. The standard InChI is InChI=1S/C25H30N6O3/c32-24-23(29-21-9-4-12-26-22(21)31(24)17-18-6-2-1-3-7-18)30-13-10-19(11-14-30)28-25(33)27-16-20-8-5-15-34-20/h1-4,6-7,9,12,19-20H,5,8,10-11,13-17H2,(H2,27,28,33)/t20-/m0/s1. The van der Waals surface area contributed by atoms with Crippen molar-refractivity contribution in [1.82, 2.24) is 25.2 Å². The van der Waals surface area contributed by atoms with Crippen LogP contribution in [0.1, 0.15) is 31.2 Å². The molecule has 2 N–H and O–H groups in total. The lowest BCUT2D eigenvalue weighted by Gasteiger charge is -2.33. The van der Waals surface area contributed by atoms with Gasteiger partial charge in [-0.1, -0.05) is 30.3 Å². The van der Waals surface area contributed by atoms with Gasteiger partial charge >= 0.3 is 6.03 Å². The van der Waals surface area contributed by atoms with E-state index in [1.165, 1.54) is 0 Å². The number of amides is 2. The Kier molecular flexibility index (Phi) is 6.71. The normalized spacial score (nSPS) is 18.8. The van der Waals surface area contributed by atoms with Gasteiger partial charge in [0.1, 0.15) is 5.52 Å². The van der Waals surface area contributed by atoms with Crippen LogP contribution in [0, 0.1) is 0 Å². The molecule has 2 aromatic heterocycles. The Morgan fingerprint density at radius 1 is 1.09 bits per heavy atom. The molecule has 0 aliphatic carbocycles. The van der Waals surface area contributed by atoms with Crippen LogP contribution in [0.4, 0.5) is 10.6 Å². The third kappa shape index (κ3) is 5.04. The van der Waals surface area contributed by atoms with Gasteiger partial charge in [0.2, 0.25) is 0 Å². The second-order valence-electron chi connectivity index (χ2n) is 8.91. The maximum Gasteiger partial charge on any atom is 0.315 e. The molecule has 0 radical (unpaired) electrons. The molecule has 9 heteroatoms. The number of urea groups is 1. The number of aromatic nitrogens is 3. The number of ether oxygens (including phenoxy) is 1. The van der Waals surface area contributed by atoms with E-state index in [2.05, 4.69) is 20.6 Å². The van der Waals surface area contributed by atoms with E-state index in [9.17, 15) is 9.59 Å². The van der Waals surface area contributed by atoms with Gasteiger partial charge in [-0.25, -0.2) is 14.8 Å². The molecule has 2 amide bonds. The second-order valence-corrected chi connectivity index (χ2v) is 8.91. The quantitative estimate of drug-likeness (QED) is 0.583. The molecule has 34 heavy (non-hydrogen) atoms. The highest BCUT2D eigenvalue weighted by Gasteiger charge is 2.25. The molecule has 2 aliphatic heterocycles. The fourth-order valence-corrected chi connectivity index (χ4v) is 4.67. The maximum absolute atomic E-state index is 13.5. The molecule has 3 aromatic rings. The highest BCUT2D eigenvalue weighted by atomic mass is 16.5. The molecular weight excluding hydrogens is 432 g/mol. The molecule has 178 valence electrons. The summed E-state index contributed by atoms with van der Waals surface area (Å²) in [5.74, 6) is 0.442. The average Bonchev–Trinajstić information content (AvgIpc) is 3.39. The Morgan fingerprint density at radius 3 is 2.68 bits per heavy atom. The first-order valence-electron chi connectivity index (χ1n) is 12.0. The molecule has 2 aliphatic rings. The number of pyridine rings is 1. The van der Waals surface area contributed by atoms with Gasteiger partial charge < -0.3 is 20.3 Å². The SMILES string of the molecule is O=C(NC[C@@H]1CCCO1)NC1CCN(c2nc3cccnc3n(Cc3ccccc3)c2=O)CC1. The number of hydrogen-bond acceptors (Lipinski definition) is 6. The van der Waals surface area contributed by atoms with Crippen LogP contribution in [0.2, 0.25) is 0 Å². The first-order valence-corrected chi connectivity index (χ1v) is 12.0. The molecule has 0 unspecified atom stereocenters. The molecule has 2 saturated heterocycles. The molecule has 9 nitrogen and oxygen atoms in total. The van der Waals surface area contributed by atoms with Crippen molar-refractivity contribution >= 4 is 23.0 Å². The molecule has 4 heterocycles. The lowest BCUT2D eigenvalue weighted by Crippen LogP contribution is -2.50. The summed E-state index contributed by atoms with van der Waals surface area (Å²) in [4.78, 5) is 36.9. The van der Waals surface area contributed by atoms with E-state index in [1.807, 2.05) is 47.4 Å². The van der Waals surface area contributed by atoms with E-state index >= 15 is 0 Å². The third-order valence-corrected chi connectivity index (χ3v) is 6.51. The zero-order valence-corrected chi connectivity index (χ0v) is 19.2. The predicted molar refractivity (Wildman–Crippen MR) is 130 cm³/mol. The summed E-state index contributed by atoms with van der Waals surface area (Å²) in [5.41, 5.74) is 2.17. The lowest BCUT2D eigenvalue weighted by molar-refractivity contribution is 0.111. The topological polar surface area (TPSA) is 101 Å². The Labute approximate surface area is 198 Å². The number of benzene rings is 1. The number of anilines is 1. The van der Waals surface area contributed by atoms with E-state index in [1.54, 1.807) is 10.8 Å². The minimum absolute atomic E-state index is 0.0643. The summed E-state index contributed by atoms with van der Waals surface area (Å²) in [6.45, 7) is 3.05. The molecule has 2 fully saturated rings. The Morgan fingerprint density at radius 2 is 1.91 bits per heavy atom. The van der Waals surface area contributed by atoms with Crippen molar-refractivity contribution in [2.45, 2.75) is 44.4 Å². The molecule has 1 aromatic carbocycles. The summed E-state index contributed by atoms with van der Waals surface area (Å²) in [6, 6.07) is 13.5. The third-order valence-electron chi connectivity index (χ3n) is 6.51. The van der Waals surface area contributed by atoms with Crippen LogP contribution in [0.3, 0.4) is 0 Å². The highest BCUT2D eigenvalue weighted by Crippen LogP contribution is 2.19. The Hall–Kier alpha value is -3.46. The number of carbonyl (C=O) groups excluding carboxylic acids is 1. The van der Waals surface area contributed by atoms with Gasteiger partial charge in [0, 0.05) is 38.5 Å². The summed E-state index contributed by atoms with van der Waals surface area (Å²) in [7, 11) is 0. The van der Waals surface area contributed by atoms with E-state index < -0.39 is 0 Å². The number of rotatable bonds is 6. The average molecular weight is 463 g/mol. The highest BCUT2D eigenvalue weighted by molar-refractivity contribution is 5.74. The van der Waals surface area contributed by atoms with Crippen molar-refractivity contribution in [3.05, 3.63) is 64.6 Å². The lowest BCUT2D eigenvalue weighted by atomic mass is 10.1. The van der Waals surface area contributed by atoms with Crippen molar-refractivity contribution < 1.29 is 9.53 Å². The number of carbonyl (C=O) groups is 1. The largest absolute Gasteiger partial charge is 0.376 e. The van der Waals surface area contributed by atoms with Crippen LogP contribution >= 0.6 is 0 Å². The van der Waals surface area contributed by atoms with Gasteiger partial charge in [-0.3, -0.25) is 9.36 Å². The molecule has 5 rings (SSSR count). The fourth-order valence-electron chi connectivity index (χ4n) is 4.67. The number of nitrogens with zero attached hydrogens (tertiary/aromatic N) is 4. The van der Waals surface area contributed by atoms with Gasteiger partial charge in [-0.05, 0) is 43.4 Å². The maximum atomic E-state index is 13.5. The second kappa shape index (κ2) is 10.2. The summed E-state index contributed by atoms with van der Waals surface area (Å²) in [6.07, 6.45) is 5.36. The van der Waals surface area contributed by atoms with E-state index in [0.717, 1.165) is 37.9 Å². The molecular formula is C25H30N6O3. The van der Waals surface area contributed by atoms with Crippen molar-refractivity contribution in [3.8, 4) is 0 Å². The zero-order valence-electron chi connectivity index (χ0n) is 19.2. The van der Waals surface area contributed by atoms with Gasteiger partial charge in [-0.15, -0.1) is 0 Å². The number of nitrogens with one attached hydrogen (secondary N) is 2. The molecule has 1 atom stereocenters. The van der Waals surface area contributed by atoms with Crippen LogP contribution < -0.4 is 21.1 Å². The van der Waals surface area contributed by atoms with Crippen molar-refractivity contribution in [1.29, 1.82) is 0 Å². The first kappa shape index (κ1) is 22.3. The van der Waals surface area contributed by atoms with E-state index in [0.29, 0.717) is 43.2 Å². The summed E-state index contributed by atoms with van der Waals surface area (Å²) >= 11 is 0. The first-order chi connectivity index (χ1) is 16.7. The van der Waals surface area contributed by atoms with Crippen LogP contribution in [0.5, 0.6) is 0 Å². The molecule has 0 spiro atoms. The van der Waals surface area contributed by atoms with Gasteiger partial charge in [0.15, 0.2) is 11.5 Å². The van der Waals surface area contributed by atoms with Gasteiger partial charge in [0.05, 0.1) is 12.6 Å². The van der Waals surface area contributed by atoms with Gasteiger partial charge in [-0.2, -0.15) is 0 Å². The minimum atomic E-state index is -0.158. The fraction of sp³-hybridized carbons (Fsp3) is 0.440. The van der Waals surface area contributed by atoms with E-state index in [4.69, 9.17) is 4.74 Å². The number of piperidine rings is 1. The Balaban J connectivity index is 1.27. The van der Waals surface area contributed by atoms with Crippen LogP contribution in [-0.4, -0.2) is 59.0 Å². The number of hydrogen-bond donors (Lipinski definition) is 2. The van der Waals surface area contributed by atoms with Crippen LogP contribution in [0.25, 0.3) is 11.2 Å². The van der Waals surface area contributed by atoms with Crippen LogP contribution in [-0.2, 0) is 11.3 Å². The smallest absolute Gasteiger partial charge is 0.315 e. The summed E-state index contributed by atoms with van der Waals surface area (Å²) < 4.78 is 7.26. The molecule has 0 saturated carbocycles. The predicted octanol–water partition coefficient (Wildman–Crippen LogP) is 2.29. The molecule has 0 bridgehead atoms. The van der Waals surface area contributed by atoms with Crippen LogP contribution in [0.15, 0.2) is 53.5 Å². The Bertz CT molecular complexity index is 1180. The summed E-state index contributed by atoms with van der Waals surface area (Å²) in [5, 5.41) is 5.97. The van der Waals surface area contributed by atoms with Crippen molar-refractivity contribution in [3.63, 3.8) is 0 Å². The minimum Gasteiger partial charge on any atom is -0.376 e. The van der Waals surface area contributed by atoms with Gasteiger partial charge in [0.25, 0.3) is 5.56 Å². The van der Waals surface area contributed by atoms with Crippen molar-refractivity contribution in [2.24, 2.45) is 0 Å². The zero-order chi connectivity index (χ0) is 23.3.